The summed E-state index contributed by atoms with van der Waals surface area (Å²) in [6.07, 6.45) is 3.75. The normalized spacial score (nSPS) is 10.9. The van der Waals surface area contributed by atoms with Crippen LogP contribution in [0.15, 0.2) is 53.1 Å². The molecule has 0 bridgehead atoms. The van der Waals surface area contributed by atoms with Gasteiger partial charge in [0, 0.05) is 5.69 Å². The lowest BCUT2D eigenvalue weighted by molar-refractivity contribution is -0.120. The zero-order valence-electron chi connectivity index (χ0n) is 14.1. The highest BCUT2D eigenvalue weighted by Crippen LogP contribution is 2.18. The van der Waals surface area contributed by atoms with Crippen LogP contribution in [-0.4, -0.2) is 30.4 Å². The molecule has 0 atom stereocenters. The van der Waals surface area contributed by atoms with Crippen molar-refractivity contribution in [3.05, 3.63) is 54.5 Å². The second-order valence-electron chi connectivity index (χ2n) is 5.67. The van der Waals surface area contributed by atoms with E-state index in [-0.39, 0.29) is 5.91 Å². The van der Waals surface area contributed by atoms with Crippen LogP contribution in [0.4, 0.5) is 5.69 Å². The van der Waals surface area contributed by atoms with Crippen molar-refractivity contribution in [1.29, 1.82) is 0 Å². The number of anilines is 1. The molecule has 0 radical (unpaired) electrons. The van der Waals surface area contributed by atoms with Gasteiger partial charge in [0.1, 0.15) is 5.76 Å². The number of para-hydroxylation sites is 1. The van der Waals surface area contributed by atoms with Crippen LogP contribution in [0.25, 0.3) is 0 Å². The molecule has 1 aromatic carbocycles. The summed E-state index contributed by atoms with van der Waals surface area (Å²) in [7, 11) is 0. The molecular formula is C19H26N2O2. The van der Waals surface area contributed by atoms with E-state index in [1.54, 1.807) is 11.2 Å². The number of benzene rings is 1. The first kappa shape index (κ1) is 17.3. The maximum Gasteiger partial charge on any atom is 0.241 e. The first-order valence-corrected chi connectivity index (χ1v) is 8.34. The van der Waals surface area contributed by atoms with Crippen molar-refractivity contribution in [2.75, 3.05) is 24.5 Å². The van der Waals surface area contributed by atoms with Crippen LogP contribution in [0.3, 0.4) is 0 Å². The highest BCUT2D eigenvalue weighted by Gasteiger charge is 2.19. The van der Waals surface area contributed by atoms with E-state index in [4.69, 9.17) is 4.42 Å². The van der Waals surface area contributed by atoms with Gasteiger partial charge in [0.25, 0.3) is 0 Å². The van der Waals surface area contributed by atoms with Gasteiger partial charge in [0.15, 0.2) is 0 Å². The molecule has 0 saturated heterocycles. The predicted octanol–water partition coefficient (Wildman–Crippen LogP) is 3.93. The minimum absolute atomic E-state index is 0.106. The molecule has 0 N–H and O–H groups in total. The number of rotatable bonds is 9. The Morgan fingerprint density at radius 3 is 2.26 bits per heavy atom. The molecule has 0 saturated carbocycles. The van der Waals surface area contributed by atoms with Gasteiger partial charge < -0.3 is 9.32 Å². The summed E-state index contributed by atoms with van der Waals surface area (Å²) in [5.74, 6) is 0.897. The van der Waals surface area contributed by atoms with Gasteiger partial charge in [-0.2, -0.15) is 0 Å². The SMILES string of the molecule is CCCN(CCC)CC(=O)N(Cc1ccco1)c1ccccc1. The van der Waals surface area contributed by atoms with Crippen LogP contribution in [0.1, 0.15) is 32.4 Å². The molecule has 0 aliphatic carbocycles. The van der Waals surface area contributed by atoms with E-state index in [1.807, 2.05) is 42.5 Å². The molecule has 1 aromatic heterocycles. The maximum atomic E-state index is 12.9. The standard InChI is InChI=1S/C19H26N2O2/c1-3-12-20(13-4-2)16-19(22)21(15-18-11-8-14-23-18)17-9-6-5-7-10-17/h5-11,14H,3-4,12-13,15-16H2,1-2H3. The fraction of sp³-hybridized carbons (Fsp3) is 0.421. The third-order valence-corrected chi connectivity index (χ3v) is 3.70. The molecule has 124 valence electrons. The highest BCUT2D eigenvalue weighted by molar-refractivity contribution is 5.94. The van der Waals surface area contributed by atoms with Gasteiger partial charge in [-0.15, -0.1) is 0 Å². The lowest BCUT2D eigenvalue weighted by atomic mass is 10.2. The average Bonchev–Trinajstić information content (AvgIpc) is 3.07. The van der Waals surface area contributed by atoms with Crippen molar-refractivity contribution < 1.29 is 9.21 Å². The number of hydrogen-bond acceptors (Lipinski definition) is 3. The highest BCUT2D eigenvalue weighted by atomic mass is 16.3. The molecule has 0 aliphatic heterocycles. The van der Waals surface area contributed by atoms with E-state index in [2.05, 4.69) is 18.7 Å². The lowest BCUT2D eigenvalue weighted by Crippen LogP contribution is -2.40. The molecule has 0 unspecified atom stereocenters. The minimum atomic E-state index is 0.106. The van der Waals surface area contributed by atoms with E-state index in [9.17, 15) is 4.79 Å². The number of carbonyl (C=O) groups is 1. The van der Waals surface area contributed by atoms with Gasteiger partial charge in [0.05, 0.1) is 19.4 Å². The van der Waals surface area contributed by atoms with Gasteiger partial charge >= 0.3 is 0 Å². The zero-order chi connectivity index (χ0) is 16.5. The molecule has 4 nitrogen and oxygen atoms in total. The van der Waals surface area contributed by atoms with Crippen molar-refractivity contribution in [3.8, 4) is 0 Å². The molecule has 2 rings (SSSR count). The summed E-state index contributed by atoms with van der Waals surface area (Å²) in [4.78, 5) is 16.9. The molecule has 2 aromatic rings. The van der Waals surface area contributed by atoms with Crippen molar-refractivity contribution in [2.45, 2.75) is 33.2 Å². The predicted molar refractivity (Wildman–Crippen MR) is 93.4 cm³/mol. The van der Waals surface area contributed by atoms with Gasteiger partial charge in [0.2, 0.25) is 5.91 Å². The molecule has 4 heteroatoms. The van der Waals surface area contributed by atoms with Crippen LogP contribution in [0.2, 0.25) is 0 Å². The van der Waals surface area contributed by atoms with Crippen LogP contribution in [0, 0.1) is 0 Å². The summed E-state index contributed by atoms with van der Waals surface area (Å²) in [6, 6.07) is 13.5. The van der Waals surface area contributed by atoms with Crippen molar-refractivity contribution >= 4 is 11.6 Å². The van der Waals surface area contributed by atoms with Crippen molar-refractivity contribution in [1.82, 2.24) is 4.90 Å². The molecule has 0 aliphatic rings. The maximum absolute atomic E-state index is 12.9. The lowest BCUT2D eigenvalue weighted by Gasteiger charge is -2.26. The van der Waals surface area contributed by atoms with Crippen LogP contribution < -0.4 is 4.90 Å². The van der Waals surface area contributed by atoms with Crippen molar-refractivity contribution in [2.24, 2.45) is 0 Å². The third-order valence-electron chi connectivity index (χ3n) is 3.70. The second kappa shape index (κ2) is 9.16. The van der Waals surface area contributed by atoms with E-state index >= 15 is 0 Å². The Morgan fingerprint density at radius 2 is 1.70 bits per heavy atom. The van der Waals surface area contributed by atoms with Crippen LogP contribution in [-0.2, 0) is 11.3 Å². The Balaban J connectivity index is 2.13. The third kappa shape index (κ3) is 5.25. The molecular weight excluding hydrogens is 288 g/mol. The van der Waals surface area contributed by atoms with Gasteiger partial charge in [-0.1, -0.05) is 32.0 Å². The smallest absolute Gasteiger partial charge is 0.241 e. The second-order valence-corrected chi connectivity index (χ2v) is 5.67. The summed E-state index contributed by atoms with van der Waals surface area (Å²) < 4.78 is 5.43. The topological polar surface area (TPSA) is 36.7 Å². The summed E-state index contributed by atoms with van der Waals surface area (Å²) in [5.41, 5.74) is 0.904. The molecule has 1 amide bonds. The first-order valence-electron chi connectivity index (χ1n) is 8.34. The molecule has 23 heavy (non-hydrogen) atoms. The Morgan fingerprint density at radius 1 is 1.00 bits per heavy atom. The van der Waals surface area contributed by atoms with E-state index in [0.717, 1.165) is 37.4 Å². The Kier molecular flexibility index (Phi) is 6.88. The minimum Gasteiger partial charge on any atom is -0.467 e. The molecule has 1 heterocycles. The molecule has 0 fully saturated rings. The van der Waals surface area contributed by atoms with Gasteiger partial charge in [-0.05, 0) is 50.2 Å². The number of carbonyl (C=O) groups excluding carboxylic acids is 1. The quantitative estimate of drug-likeness (QED) is 0.703. The molecule has 0 spiro atoms. The average molecular weight is 314 g/mol. The number of furan rings is 1. The Hall–Kier alpha value is -2.07. The fourth-order valence-electron chi connectivity index (χ4n) is 2.67. The largest absolute Gasteiger partial charge is 0.467 e. The van der Waals surface area contributed by atoms with Gasteiger partial charge in [-0.25, -0.2) is 0 Å². The van der Waals surface area contributed by atoms with Gasteiger partial charge in [-0.3, -0.25) is 9.69 Å². The van der Waals surface area contributed by atoms with Crippen molar-refractivity contribution in [3.63, 3.8) is 0 Å². The Bertz CT molecular complexity index is 560. The Labute approximate surface area is 138 Å². The fourth-order valence-corrected chi connectivity index (χ4v) is 2.67. The van der Waals surface area contributed by atoms with Crippen LogP contribution in [0.5, 0.6) is 0 Å². The number of amides is 1. The summed E-state index contributed by atoms with van der Waals surface area (Å²) in [6.45, 7) is 7.08. The summed E-state index contributed by atoms with van der Waals surface area (Å²) in [5, 5.41) is 0. The van der Waals surface area contributed by atoms with E-state index in [1.165, 1.54) is 0 Å². The number of nitrogens with zero attached hydrogens (tertiary/aromatic N) is 2. The number of hydrogen-bond donors (Lipinski definition) is 0. The first-order chi connectivity index (χ1) is 11.2. The van der Waals surface area contributed by atoms with Crippen LogP contribution >= 0.6 is 0 Å². The summed E-state index contributed by atoms with van der Waals surface area (Å²) >= 11 is 0. The van der Waals surface area contributed by atoms with E-state index < -0.39 is 0 Å². The van der Waals surface area contributed by atoms with E-state index in [0.29, 0.717) is 13.1 Å². The monoisotopic (exact) mass is 314 g/mol. The zero-order valence-corrected chi connectivity index (χ0v) is 14.1.